The molecule has 0 N–H and O–H groups in total. The normalized spacial score (nSPS) is 12.3. The summed E-state index contributed by atoms with van der Waals surface area (Å²) in [5.41, 5.74) is 3.17. The zero-order valence-electron chi connectivity index (χ0n) is 29.3. The summed E-state index contributed by atoms with van der Waals surface area (Å²) in [5.74, 6) is -1.03. The molecule has 0 bridgehead atoms. The maximum absolute atomic E-state index is 14.9. The first-order valence-corrected chi connectivity index (χ1v) is 21.6. The van der Waals surface area contributed by atoms with E-state index in [-0.39, 0.29) is 17.5 Å². The monoisotopic (exact) mass is 709 g/mol. The van der Waals surface area contributed by atoms with Crippen LogP contribution in [0.15, 0.2) is 146 Å². The van der Waals surface area contributed by atoms with E-state index in [0.29, 0.717) is 0 Å². The molecule has 258 valence electrons. The minimum atomic E-state index is -3.53. The number of benzene rings is 6. The van der Waals surface area contributed by atoms with Crippen LogP contribution in [0.2, 0.25) is 0 Å². The molecule has 0 aliphatic carbocycles. The fraction of sp³-hybridized carbons (Fsp3) is 0.143. The van der Waals surface area contributed by atoms with Crippen molar-refractivity contribution in [2.45, 2.75) is 0 Å². The average molecular weight is 710 g/mol. The van der Waals surface area contributed by atoms with Crippen molar-refractivity contribution < 1.29 is 13.2 Å². The molecule has 0 saturated carbocycles. The van der Waals surface area contributed by atoms with Gasteiger partial charge in [0.25, 0.3) is 0 Å². The molecule has 50 heavy (non-hydrogen) atoms. The number of halogens is 3. The first kappa shape index (κ1) is 35.2. The van der Waals surface area contributed by atoms with Gasteiger partial charge in [-0.3, -0.25) is 0 Å². The van der Waals surface area contributed by atoms with Gasteiger partial charge in [0, 0.05) is 0 Å². The summed E-state index contributed by atoms with van der Waals surface area (Å²) < 4.78 is 44.8. The molecule has 0 unspecified atom stereocenters. The van der Waals surface area contributed by atoms with Gasteiger partial charge in [0.15, 0.2) is 0 Å². The molecule has 0 aliphatic heterocycles. The van der Waals surface area contributed by atoms with Crippen molar-refractivity contribution in [2.75, 3.05) is 57.0 Å². The first-order chi connectivity index (χ1) is 24.0. The van der Waals surface area contributed by atoms with Crippen LogP contribution >= 0.6 is 13.9 Å². The Kier molecular flexibility index (Phi) is 10.1. The number of nitrogens with zero attached hydrogens (tertiary/aromatic N) is 3. The second-order valence-corrected chi connectivity index (χ2v) is 24.3. The quantitative estimate of drug-likeness (QED) is 0.142. The molecule has 8 heteroatoms. The van der Waals surface area contributed by atoms with Gasteiger partial charge in [0.05, 0.1) is 0 Å². The van der Waals surface area contributed by atoms with Crippen molar-refractivity contribution in [1.29, 1.82) is 0 Å². The molecule has 0 radical (unpaired) electrons. The van der Waals surface area contributed by atoms with Crippen LogP contribution in [0.4, 0.5) is 30.2 Å². The van der Waals surface area contributed by atoms with Gasteiger partial charge in [-0.2, -0.15) is 0 Å². The third-order valence-corrected chi connectivity index (χ3v) is 26.7. The van der Waals surface area contributed by atoms with E-state index >= 15 is 0 Å². The van der Waals surface area contributed by atoms with Gasteiger partial charge in [-0.05, 0) is 0 Å². The Morgan fingerprint density at radius 1 is 0.280 bits per heavy atom. The number of hydrogen-bond donors (Lipinski definition) is 0. The van der Waals surface area contributed by atoms with Crippen LogP contribution in [0.3, 0.4) is 0 Å². The number of rotatable bonds is 10. The fourth-order valence-electron chi connectivity index (χ4n) is 7.43. The third-order valence-electron chi connectivity index (χ3n) is 9.84. The number of hydrogen-bond acceptors (Lipinski definition) is 3. The van der Waals surface area contributed by atoms with E-state index in [1.165, 1.54) is 36.4 Å². The second-order valence-electron chi connectivity index (χ2n) is 13.3. The van der Waals surface area contributed by atoms with Gasteiger partial charge >= 0.3 is 296 Å². The molecule has 0 aliphatic rings. The first-order valence-electron chi connectivity index (χ1n) is 16.6. The predicted octanol–water partition coefficient (Wildman–Crippen LogP) is 6.97. The van der Waals surface area contributed by atoms with Crippen LogP contribution in [-0.4, -0.2) is 42.3 Å². The Bertz CT molecular complexity index is 1790. The van der Waals surface area contributed by atoms with E-state index in [2.05, 4.69) is 87.5 Å². The minimum absolute atomic E-state index is 0.344. The molecule has 6 aromatic carbocycles. The molecule has 0 amide bonds. The van der Waals surface area contributed by atoms with E-state index in [1.54, 1.807) is 0 Å². The Hall–Kier alpha value is -4.63. The fourth-order valence-corrected chi connectivity index (χ4v) is 26.8. The van der Waals surface area contributed by atoms with Crippen LogP contribution in [0, 0.1) is 17.5 Å². The molecular weight excluding hydrogens is 665 g/mol. The SMILES string of the molecule is CN(C)c1ccc([PH](c2ccc(N(C)C)cc2)(c2ccc(N(C)C)cc2)[PH](c2ccc(F)cc2)(c2ccc(F)cc2)c2ccc(F)cc2)cc1. The molecule has 0 aromatic heterocycles. The average Bonchev–Trinajstić information content (AvgIpc) is 3.12. The predicted molar refractivity (Wildman–Crippen MR) is 216 cm³/mol. The summed E-state index contributed by atoms with van der Waals surface area (Å²) in [6.07, 6.45) is 0. The molecule has 0 fully saturated rings. The summed E-state index contributed by atoms with van der Waals surface area (Å²) in [4.78, 5) is 6.24. The molecule has 6 aromatic rings. The van der Waals surface area contributed by atoms with Gasteiger partial charge in [-0.1, -0.05) is 0 Å². The Morgan fingerprint density at radius 2 is 0.440 bits per heavy atom. The van der Waals surface area contributed by atoms with Crippen LogP contribution in [0.1, 0.15) is 0 Å². The van der Waals surface area contributed by atoms with E-state index in [9.17, 15) is 13.2 Å². The van der Waals surface area contributed by atoms with Crippen molar-refractivity contribution in [2.24, 2.45) is 0 Å². The number of anilines is 3. The van der Waals surface area contributed by atoms with E-state index in [4.69, 9.17) is 0 Å². The molecule has 3 nitrogen and oxygen atoms in total. The third kappa shape index (κ3) is 6.17. The Labute approximate surface area is 295 Å². The Morgan fingerprint density at radius 3 is 0.600 bits per heavy atom. The summed E-state index contributed by atoms with van der Waals surface area (Å²) in [6, 6.07) is 46.8. The Balaban J connectivity index is 1.92. The zero-order chi connectivity index (χ0) is 35.6. The van der Waals surface area contributed by atoms with E-state index in [0.717, 1.165) is 48.9 Å². The summed E-state index contributed by atoms with van der Waals surface area (Å²) in [7, 11) is 12.1. The standard InChI is InChI=1S/C42H44F3N3P2/c1-46(2)34-13-25-40(26-14-34)50(41-27-15-35(16-28-41)47(3)4,42-29-17-36(18-30-42)48(5)6)49(37-19-7-31(43)8-20-37,38-21-9-32(44)10-22-38)39-23-11-33(45)12-24-39/h7-30,49-50H,1-6H3. The second kappa shape index (κ2) is 14.3. The van der Waals surface area contributed by atoms with Gasteiger partial charge in [-0.25, -0.2) is 0 Å². The van der Waals surface area contributed by atoms with Crippen molar-refractivity contribution in [1.82, 2.24) is 0 Å². The van der Waals surface area contributed by atoms with Gasteiger partial charge in [-0.15, -0.1) is 0 Å². The van der Waals surface area contributed by atoms with Crippen LogP contribution in [0.25, 0.3) is 0 Å². The van der Waals surface area contributed by atoms with Crippen LogP contribution in [0.5, 0.6) is 0 Å². The topological polar surface area (TPSA) is 9.72 Å². The molecule has 0 heterocycles. The van der Waals surface area contributed by atoms with Crippen LogP contribution in [-0.2, 0) is 0 Å². The van der Waals surface area contributed by atoms with Crippen LogP contribution < -0.4 is 46.5 Å². The van der Waals surface area contributed by atoms with Gasteiger partial charge in [0.2, 0.25) is 0 Å². The van der Waals surface area contributed by atoms with Gasteiger partial charge < -0.3 is 0 Å². The van der Waals surface area contributed by atoms with E-state index in [1.807, 2.05) is 78.7 Å². The summed E-state index contributed by atoms with van der Waals surface area (Å²) >= 11 is 0. The summed E-state index contributed by atoms with van der Waals surface area (Å²) in [6.45, 7) is -6.97. The molecule has 0 atom stereocenters. The maximum atomic E-state index is 14.9. The summed E-state index contributed by atoms with van der Waals surface area (Å²) in [5, 5.41) is 6.28. The van der Waals surface area contributed by atoms with Crippen molar-refractivity contribution in [3.63, 3.8) is 0 Å². The van der Waals surface area contributed by atoms with Crippen molar-refractivity contribution in [3.8, 4) is 0 Å². The molecule has 0 spiro atoms. The van der Waals surface area contributed by atoms with E-state index < -0.39 is 13.9 Å². The molecule has 0 saturated heterocycles. The zero-order valence-corrected chi connectivity index (χ0v) is 31.3. The van der Waals surface area contributed by atoms with Crippen molar-refractivity contribution in [3.05, 3.63) is 163 Å². The molecule has 6 rings (SSSR count). The van der Waals surface area contributed by atoms with Gasteiger partial charge in [0.1, 0.15) is 0 Å². The molecular formula is C42H44F3N3P2. The van der Waals surface area contributed by atoms with Crippen molar-refractivity contribution >= 4 is 62.8 Å².